The van der Waals surface area contributed by atoms with Crippen molar-refractivity contribution in [1.29, 1.82) is 0 Å². The minimum Gasteiger partial charge on any atom is -0.507 e. The van der Waals surface area contributed by atoms with E-state index < -0.39 is 33.9 Å². The van der Waals surface area contributed by atoms with Crippen LogP contribution in [-0.2, 0) is 9.59 Å². The molecule has 0 aromatic heterocycles. The van der Waals surface area contributed by atoms with Gasteiger partial charge in [0.15, 0.2) is 5.75 Å². The zero-order chi connectivity index (χ0) is 19.1. The van der Waals surface area contributed by atoms with Crippen LogP contribution in [0.4, 0.5) is 5.69 Å². The van der Waals surface area contributed by atoms with E-state index in [-0.39, 0.29) is 34.6 Å². The maximum absolute atomic E-state index is 12.8. The highest BCUT2D eigenvalue weighted by Crippen LogP contribution is 2.73. The van der Waals surface area contributed by atoms with Gasteiger partial charge < -0.3 is 10.2 Å². The van der Waals surface area contributed by atoms with Gasteiger partial charge in [-0.25, -0.2) is 0 Å². The molecular weight excluding hydrogens is 354 g/mol. The second kappa shape index (κ2) is 4.93. The first kappa shape index (κ1) is 16.0. The van der Waals surface area contributed by atoms with E-state index in [0.717, 1.165) is 36.2 Å². The average Bonchev–Trinajstić information content (AvgIpc) is 3.21. The number of nitrogens with zero attached hydrogens (tertiary/aromatic N) is 3. The monoisotopic (exact) mass is 369 g/mol. The molecule has 2 saturated carbocycles. The molecule has 0 radical (unpaired) electrons. The molecule has 4 aliphatic rings. The lowest BCUT2D eigenvalue weighted by Crippen LogP contribution is -2.30. The number of nitro benzene ring substituents is 1. The summed E-state index contributed by atoms with van der Waals surface area (Å²) in [7, 11) is 0. The Morgan fingerprint density at radius 1 is 1.11 bits per heavy atom. The standard InChI is InChI=1S/C18H15N3O6/c22-12-6-13(23)11(21(26)27)5-8(12)7-19-20-16(24)14-9-1-2-10(15(14)17(20)25)18(9)3-4-18/h1-2,5-7,9-10,14-15,22-23H,3-4H2/t9-,10-,14-,15+/m1/s1. The summed E-state index contributed by atoms with van der Waals surface area (Å²) in [5.74, 6) is -2.49. The van der Waals surface area contributed by atoms with E-state index in [9.17, 15) is 29.9 Å². The van der Waals surface area contributed by atoms with Gasteiger partial charge in [0.1, 0.15) is 5.75 Å². The Bertz CT molecular complexity index is 946. The summed E-state index contributed by atoms with van der Waals surface area (Å²) in [4.78, 5) is 35.7. The smallest absolute Gasteiger partial charge is 0.311 e. The molecule has 4 atom stereocenters. The number of phenolic OH excluding ortho intramolecular Hbond substituents is 2. The fourth-order valence-corrected chi connectivity index (χ4v) is 5.13. The fraction of sp³-hybridized carbons (Fsp3) is 0.389. The molecule has 1 aromatic carbocycles. The van der Waals surface area contributed by atoms with Crippen LogP contribution in [0.1, 0.15) is 18.4 Å². The first-order valence-electron chi connectivity index (χ1n) is 8.65. The van der Waals surface area contributed by atoms with E-state index in [2.05, 4.69) is 5.10 Å². The predicted octanol–water partition coefficient (Wildman–Crippen LogP) is 1.54. The third kappa shape index (κ3) is 1.91. The molecule has 0 unspecified atom stereocenters. The summed E-state index contributed by atoms with van der Waals surface area (Å²) in [6, 6.07) is 1.76. The molecule has 5 rings (SSSR count). The van der Waals surface area contributed by atoms with Crippen LogP contribution in [0.3, 0.4) is 0 Å². The van der Waals surface area contributed by atoms with E-state index in [1.54, 1.807) is 0 Å². The van der Waals surface area contributed by atoms with E-state index in [1.807, 2.05) is 12.2 Å². The Balaban J connectivity index is 1.45. The van der Waals surface area contributed by atoms with Crippen molar-refractivity contribution in [3.63, 3.8) is 0 Å². The topological polar surface area (TPSA) is 133 Å². The molecule has 2 amide bonds. The minimum absolute atomic E-state index is 0.0723. The van der Waals surface area contributed by atoms with Gasteiger partial charge in [0.05, 0.1) is 23.0 Å². The second-order valence-corrected chi connectivity index (χ2v) is 7.61. The number of imide groups is 1. The summed E-state index contributed by atoms with van der Waals surface area (Å²) in [5.41, 5.74) is -0.591. The lowest BCUT2D eigenvalue weighted by atomic mass is 9.85. The molecule has 3 fully saturated rings. The lowest BCUT2D eigenvalue weighted by molar-refractivity contribution is -0.385. The van der Waals surface area contributed by atoms with Crippen molar-refractivity contribution in [2.75, 3.05) is 0 Å². The van der Waals surface area contributed by atoms with Crippen molar-refractivity contribution in [2.24, 2.45) is 34.2 Å². The first-order chi connectivity index (χ1) is 12.8. The zero-order valence-corrected chi connectivity index (χ0v) is 14.0. The highest BCUT2D eigenvalue weighted by Gasteiger charge is 2.73. The largest absolute Gasteiger partial charge is 0.507 e. The lowest BCUT2D eigenvalue weighted by Gasteiger charge is -2.18. The van der Waals surface area contributed by atoms with Gasteiger partial charge in [-0.3, -0.25) is 19.7 Å². The van der Waals surface area contributed by atoms with Crippen molar-refractivity contribution >= 4 is 23.7 Å². The molecule has 1 saturated heterocycles. The third-order valence-corrected chi connectivity index (χ3v) is 6.46. The Hall–Kier alpha value is -3.23. The van der Waals surface area contributed by atoms with Crippen molar-refractivity contribution in [1.82, 2.24) is 5.01 Å². The summed E-state index contributed by atoms with van der Waals surface area (Å²) in [6.45, 7) is 0. The van der Waals surface area contributed by atoms with Crippen molar-refractivity contribution in [2.45, 2.75) is 12.8 Å². The van der Waals surface area contributed by atoms with E-state index in [1.165, 1.54) is 0 Å². The van der Waals surface area contributed by atoms with Crippen molar-refractivity contribution in [3.05, 3.63) is 40.0 Å². The van der Waals surface area contributed by atoms with Crippen LogP contribution >= 0.6 is 0 Å². The van der Waals surface area contributed by atoms with Gasteiger partial charge in [-0.05, 0) is 30.1 Å². The Labute approximate surface area is 152 Å². The number of hydrogen-bond acceptors (Lipinski definition) is 7. The molecule has 138 valence electrons. The number of carbonyl (C=O) groups excluding carboxylic acids is 2. The van der Waals surface area contributed by atoms with Crippen LogP contribution < -0.4 is 0 Å². The van der Waals surface area contributed by atoms with E-state index in [4.69, 9.17) is 0 Å². The van der Waals surface area contributed by atoms with Crippen LogP contribution in [0.25, 0.3) is 0 Å². The third-order valence-electron chi connectivity index (χ3n) is 6.46. The van der Waals surface area contributed by atoms with Gasteiger partial charge in [0.2, 0.25) is 0 Å². The predicted molar refractivity (Wildman–Crippen MR) is 90.6 cm³/mol. The first-order valence-corrected chi connectivity index (χ1v) is 8.65. The Kier molecular flexibility index (Phi) is 2.92. The van der Waals surface area contributed by atoms with Crippen LogP contribution in [0, 0.1) is 39.2 Å². The number of amides is 2. The number of fused-ring (bicyclic) bond motifs is 3. The van der Waals surface area contributed by atoms with Gasteiger partial charge in [0, 0.05) is 17.7 Å². The number of nitro groups is 1. The molecule has 1 spiro atoms. The molecule has 2 bridgehead atoms. The molecule has 1 heterocycles. The van der Waals surface area contributed by atoms with Gasteiger partial charge in [0.25, 0.3) is 11.8 Å². The zero-order valence-electron chi connectivity index (χ0n) is 14.0. The number of aromatic hydroxyl groups is 2. The van der Waals surface area contributed by atoms with Crippen molar-refractivity contribution < 1.29 is 24.7 Å². The Morgan fingerprint density at radius 2 is 1.70 bits per heavy atom. The van der Waals surface area contributed by atoms with E-state index >= 15 is 0 Å². The van der Waals surface area contributed by atoms with Crippen LogP contribution in [0.5, 0.6) is 11.5 Å². The van der Waals surface area contributed by atoms with Crippen LogP contribution in [0.15, 0.2) is 29.4 Å². The average molecular weight is 369 g/mol. The van der Waals surface area contributed by atoms with Gasteiger partial charge >= 0.3 is 5.69 Å². The maximum atomic E-state index is 12.8. The van der Waals surface area contributed by atoms with Crippen molar-refractivity contribution in [3.8, 4) is 11.5 Å². The number of hydrazone groups is 1. The SMILES string of the molecule is O=C1[C@@H]2[C@H](C(=O)N1N=Cc1cc([N+](=O)[O-])c(O)cc1O)[C@H]1C=C[C@H]2C12CC2. The molecular formula is C18H15N3O6. The van der Waals surface area contributed by atoms with Crippen LogP contribution in [0.2, 0.25) is 0 Å². The highest BCUT2D eigenvalue weighted by atomic mass is 16.6. The minimum atomic E-state index is -0.804. The van der Waals surface area contributed by atoms with Gasteiger partial charge in [-0.2, -0.15) is 10.1 Å². The molecule has 9 nitrogen and oxygen atoms in total. The molecule has 9 heteroatoms. The number of benzene rings is 1. The number of phenols is 2. The summed E-state index contributed by atoms with van der Waals surface area (Å²) >= 11 is 0. The Morgan fingerprint density at radius 3 is 2.22 bits per heavy atom. The van der Waals surface area contributed by atoms with Gasteiger partial charge in [-0.1, -0.05) is 12.2 Å². The van der Waals surface area contributed by atoms with E-state index in [0.29, 0.717) is 0 Å². The summed E-state index contributed by atoms with van der Waals surface area (Å²) < 4.78 is 0. The van der Waals surface area contributed by atoms with Gasteiger partial charge in [-0.15, -0.1) is 0 Å². The quantitative estimate of drug-likeness (QED) is 0.273. The fourth-order valence-electron chi connectivity index (χ4n) is 5.13. The molecule has 3 aliphatic carbocycles. The number of allylic oxidation sites excluding steroid dienone is 2. The summed E-state index contributed by atoms with van der Waals surface area (Å²) in [5, 5.41) is 35.0. The normalized spacial score (nSPS) is 32.1. The highest BCUT2D eigenvalue weighted by molar-refractivity contribution is 6.07. The number of carbonyl (C=O) groups is 2. The molecule has 2 N–H and O–H groups in total. The second-order valence-electron chi connectivity index (χ2n) is 7.61. The maximum Gasteiger partial charge on any atom is 0.311 e. The summed E-state index contributed by atoms with van der Waals surface area (Å²) in [6.07, 6.45) is 7.20. The number of hydrogen-bond donors (Lipinski definition) is 2. The molecule has 1 aliphatic heterocycles. The molecule has 27 heavy (non-hydrogen) atoms. The number of rotatable bonds is 3. The van der Waals surface area contributed by atoms with Crippen LogP contribution in [-0.4, -0.2) is 38.2 Å². The molecule has 1 aromatic rings.